The quantitative estimate of drug-likeness (QED) is 0.425. The second-order valence-corrected chi connectivity index (χ2v) is 8.61. The second kappa shape index (κ2) is 12.5. The van der Waals surface area contributed by atoms with Gasteiger partial charge in [-0.25, -0.2) is 0 Å². The molecule has 1 aliphatic heterocycles. The smallest absolute Gasteiger partial charge is 0.224 e. The van der Waals surface area contributed by atoms with E-state index in [-0.39, 0.29) is 5.91 Å². The van der Waals surface area contributed by atoms with Crippen molar-refractivity contribution in [3.8, 4) is 0 Å². The molecule has 1 heterocycles. The average Bonchev–Trinajstić information content (AvgIpc) is 2.70. The van der Waals surface area contributed by atoms with Gasteiger partial charge in [0.05, 0.1) is 13.2 Å². The van der Waals surface area contributed by atoms with Crippen LogP contribution >= 0.6 is 0 Å². The zero-order valence-electron chi connectivity index (χ0n) is 19.2. The van der Waals surface area contributed by atoms with Crippen LogP contribution in [0.1, 0.15) is 39.7 Å². The average molecular weight is 418 g/mol. The van der Waals surface area contributed by atoms with Gasteiger partial charge in [-0.1, -0.05) is 39.8 Å². The van der Waals surface area contributed by atoms with E-state index in [0.717, 1.165) is 50.1 Å². The Morgan fingerprint density at radius 2 is 1.90 bits per heavy atom. The first-order valence-electron chi connectivity index (χ1n) is 11.0. The molecule has 30 heavy (non-hydrogen) atoms. The number of rotatable bonds is 9. The minimum atomic E-state index is 0.0513. The van der Waals surface area contributed by atoms with E-state index in [1.807, 2.05) is 38.1 Å². The first kappa shape index (κ1) is 24.2. The monoisotopic (exact) mass is 417 g/mol. The Kier molecular flexibility index (Phi) is 10.1. The van der Waals surface area contributed by atoms with Gasteiger partial charge < -0.3 is 20.7 Å². The van der Waals surface area contributed by atoms with E-state index >= 15 is 0 Å². The van der Waals surface area contributed by atoms with E-state index in [1.54, 1.807) is 7.05 Å². The molecule has 0 radical (unpaired) electrons. The minimum Gasteiger partial charge on any atom is -0.379 e. The van der Waals surface area contributed by atoms with Gasteiger partial charge in [-0.05, 0) is 29.5 Å². The Labute approximate surface area is 181 Å². The van der Waals surface area contributed by atoms with Gasteiger partial charge in [0.1, 0.15) is 0 Å². The van der Waals surface area contributed by atoms with Crippen LogP contribution < -0.4 is 16.0 Å². The fourth-order valence-corrected chi connectivity index (χ4v) is 3.65. The van der Waals surface area contributed by atoms with Gasteiger partial charge in [0.15, 0.2) is 5.96 Å². The van der Waals surface area contributed by atoms with Crippen molar-refractivity contribution in [2.75, 3.05) is 45.2 Å². The second-order valence-electron chi connectivity index (χ2n) is 8.61. The molecular formula is C23H39N5O2. The zero-order chi connectivity index (χ0) is 21.9. The molecule has 1 saturated heterocycles. The molecule has 2 rings (SSSR count). The first-order chi connectivity index (χ1) is 14.4. The molecule has 1 aromatic rings. The highest BCUT2D eigenvalue weighted by molar-refractivity contribution is 5.90. The number of amides is 1. The lowest BCUT2D eigenvalue weighted by Gasteiger charge is -2.37. The molecule has 0 bridgehead atoms. The molecule has 1 unspecified atom stereocenters. The van der Waals surface area contributed by atoms with E-state index in [9.17, 15) is 4.79 Å². The molecule has 7 nitrogen and oxygen atoms in total. The number of nitrogens with zero attached hydrogens (tertiary/aromatic N) is 2. The number of benzene rings is 1. The van der Waals surface area contributed by atoms with E-state index in [4.69, 9.17) is 4.74 Å². The van der Waals surface area contributed by atoms with Gasteiger partial charge in [-0.15, -0.1) is 0 Å². The summed E-state index contributed by atoms with van der Waals surface area (Å²) >= 11 is 0. The van der Waals surface area contributed by atoms with Crippen LogP contribution in [-0.2, 0) is 16.1 Å². The third-order valence-corrected chi connectivity index (χ3v) is 5.25. The molecule has 1 aromatic carbocycles. The number of carbonyl (C=O) groups is 1. The number of nitrogens with one attached hydrogen (secondary N) is 3. The summed E-state index contributed by atoms with van der Waals surface area (Å²) in [7, 11) is 1.79. The summed E-state index contributed by atoms with van der Waals surface area (Å²) in [6.45, 7) is 13.6. The summed E-state index contributed by atoms with van der Waals surface area (Å²) in [4.78, 5) is 18.9. The van der Waals surface area contributed by atoms with Crippen LogP contribution in [0.5, 0.6) is 0 Å². The maximum atomic E-state index is 12.0. The van der Waals surface area contributed by atoms with Crippen molar-refractivity contribution in [2.24, 2.45) is 16.8 Å². The molecule has 1 aliphatic rings. The topological polar surface area (TPSA) is 78.0 Å². The predicted octanol–water partition coefficient (Wildman–Crippen LogP) is 2.69. The van der Waals surface area contributed by atoms with Crippen molar-refractivity contribution in [3.05, 3.63) is 29.8 Å². The Balaban J connectivity index is 1.86. The number of guanidine groups is 1. The first-order valence-corrected chi connectivity index (χ1v) is 11.0. The number of morpholine rings is 1. The summed E-state index contributed by atoms with van der Waals surface area (Å²) in [6, 6.07) is 8.37. The van der Waals surface area contributed by atoms with Crippen LogP contribution in [0.4, 0.5) is 5.69 Å². The van der Waals surface area contributed by atoms with E-state index in [2.05, 4.69) is 39.7 Å². The molecule has 3 N–H and O–H groups in total. The normalized spacial score (nSPS) is 16.6. The van der Waals surface area contributed by atoms with Gasteiger partial charge in [-0.2, -0.15) is 0 Å². The lowest BCUT2D eigenvalue weighted by atomic mass is 10.0. The van der Waals surface area contributed by atoms with Gasteiger partial charge in [0, 0.05) is 51.4 Å². The predicted molar refractivity (Wildman–Crippen MR) is 124 cm³/mol. The van der Waals surface area contributed by atoms with Crippen LogP contribution in [0.2, 0.25) is 0 Å². The van der Waals surface area contributed by atoms with Crippen molar-refractivity contribution in [2.45, 2.75) is 46.7 Å². The molecule has 1 amide bonds. The summed E-state index contributed by atoms with van der Waals surface area (Å²) < 4.78 is 5.49. The van der Waals surface area contributed by atoms with E-state index < -0.39 is 0 Å². The minimum absolute atomic E-state index is 0.0513. The fraction of sp³-hybridized carbons (Fsp3) is 0.652. The summed E-state index contributed by atoms with van der Waals surface area (Å²) in [5.41, 5.74) is 1.92. The lowest BCUT2D eigenvalue weighted by Crippen LogP contribution is -2.52. The van der Waals surface area contributed by atoms with Crippen LogP contribution in [0.25, 0.3) is 0 Å². The Hall–Kier alpha value is -2.12. The molecule has 0 spiro atoms. The van der Waals surface area contributed by atoms with Gasteiger partial charge in [0.2, 0.25) is 5.91 Å². The Morgan fingerprint density at radius 3 is 2.53 bits per heavy atom. The molecule has 0 aromatic heterocycles. The molecular weight excluding hydrogens is 378 g/mol. The fourth-order valence-electron chi connectivity index (χ4n) is 3.65. The number of hydrogen-bond acceptors (Lipinski definition) is 4. The highest BCUT2D eigenvalue weighted by atomic mass is 16.5. The number of hydrogen-bond donors (Lipinski definition) is 3. The molecule has 0 saturated carbocycles. The summed E-state index contributed by atoms with van der Waals surface area (Å²) in [6.07, 6.45) is 0.527. The van der Waals surface area contributed by atoms with Crippen molar-refractivity contribution < 1.29 is 9.53 Å². The van der Waals surface area contributed by atoms with Crippen LogP contribution in [0.3, 0.4) is 0 Å². The molecule has 1 fully saturated rings. The lowest BCUT2D eigenvalue weighted by molar-refractivity contribution is -0.116. The van der Waals surface area contributed by atoms with Crippen molar-refractivity contribution in [1.82, 2.24) is 15.5 Å². The van der Waals surface area contributed by atoms with Gasteiger partial charge in [-0.3, -0.25) is 14.7 Å². The third kappa shape index (κ3) is 8.32. The van der Waals surface area contributed by atoms with Crippen molar-refractivity contribution in [1.29, 1.82) is 0 Å². The Morgan fingerprint density at radius 1 is 1.17 bits per heavy atom. The summed E-state index contributed by atoms with van der Waals surface area (Å²) in [5.74, 6) is 1.72. The highest BCUT2D eigenvalue weighted by Crippen LogP contribution is 2.13. The van der Waals surface area contributed by atoms with Crippen molar-refractivity contribution in [3.63, 3.8) is 0 Å². The maximum absolute atomic E-state index is 12.0. The molecule has 0 aliphatic carbocycles. The summed E-state index contributed by atoms with van der Waals surface area (Å²) in [5, 5.41) is 9.83. The third-order valence-electron chi connectivity index (χ3n) is 5.25. The molecule has 168 valence electrons. The number of anilines is 1. The number of aliphatic imine (C=N–C) groups is 1. The van der Waals surface area contributed by atoms with Gasteiger partial charge >= 0.3 is 0 Å². The molecule has 1 atom stereocenters. The standard InChI is InChI=1S/C23H39N5O2/c1-17(2)13-22(29)27-20-8-6-7-19(14-20)15-25-23(24-5)26-16-21(18(3)4)28-9-11-30-12-10-28/h6-8,14,17-18,21H,9-13,15-16H2,1-5H3,(H,27,29)(H2,24,25,26). The Bertz CT molecular complexity index is 684. The van der Waals surface area contributed by atoms with Crippen LogP contribution in [-0.4, -0.2) is 62.7 Å². The van der Waals surface area contributed by atoms with Gasteiger partial charge in [0.25, 0.3) is 0 Å². The maximum Gasteiger partial charge on any atom is 0.224 e. The van der Waals surface area contributed by atoms with E-state index in [1.165, 1.54) is 0 Å². The molecule has 7 heteroatoms. The van der Waals surface area contributed by atoms with Crippen LogP contribution in [0, 0.1) is 11.8 Å². The number of ether oxygens (including phenoxy) is 1. The SMILES string of the molecule is CN=C(NCc1cccc(NC(=O)CC(C)C)c1)NCC(C(C)C)N1CCOCC1. The highest BCUT2D eigenvalue weighted by Gasteiger charge is 2.23. The zero-order valence-corrected chi connectivity index (χ0v) is 19.2. The van der Waals surface area contributed by atoms with E-state index in [0.29, 0.717) is 30.8 Å². The largest absolute Gasteiger partial charge is 0.379 e. The number of carbonyl (C=O) groups excluding carboxylic acids is 1. The van der Waals surface area contributed by atoms with Crippen molar-refractivity contribution >= 4 is 17.6 Å². The van der Waals surface area contributed by atoms with Crippen LogP contribution in [0.15, 0.2) is 29.3 Å².